The van der Waals surface area contributed by atoms with E-state index in [-0.39, 0.29) is 11.9 Å². The highest BCUT2D eigenvalue weighted by atomic mass is 32.1. The van der Waals surface area contributed by atoms with Gasteiger partial charge in [-0.25, -0.2) is 0 Å². The number of phenols is 1. The Balaban J connectivity index is -0.000000549. The Morgan fingerprint density at radius 2 is 1.52 bits per heavy atom. The van der Waals surface area contributed by atoms with E-state index in [1.807, 2.05) is 19.3 Å². The number of unbranched alkanes of at least 4 members (excludes halogenated alkanes) is 3. The molecule has 9 nitrogen and oxygen atoms in total. The van der Waals surface area contributed by atoms with Gasteiger partial charge in [0.05, 0.1) is 12.4 Å². The smallest absolute Gasteiger partial charge is 0.329 e. The number of hydrazone groups is 2. The average Bonchev–Trinajstić information content (AvgIpc) is 3.06. The van der Waals surface area contributed by atoms with Gasteiger partial charge in [-0.15, -0.1) is 0 Å². The first-order valence-electron chi connectivity index (χ1n) is 16.2. The third-order valence-electron chi connectivity index (χ3n) is 5.98. The molecule has 48 heavy (non-hydrogen) atoms. The van der Waals surface area contributed by atoms with Crippen molar-refractivity contribution >= 4 is 51.4 Å². The molecule has 0 aromatic heterocycles. The van der Waals surface area contributed by atoms with Gasteiger partial charge in [-0.3, -0.25) is 14.5 Å². The molecule has 0 aliphatic heterocycles. The molecule has 0 saturated carbocycles. The molecule has 3 rings (SSSR count). The van der Waals surface area contributed by atoms with Crippen molar-refractivity contribution in [3.05, 3.63) is 89.2 Å². The molecule has 1 aliphatic rings. The third-order valence-corrected chi connectivity index (χ3v) is 7.04. The highest BCUT2D eigenvalue weighted by molar-refractivity contribution is 7.79. The van der Waals surface area contributed by atoms with Crippen LogP contribution in [-0.4, -0.2) is 50.5 Å². The molecule has 5 N–H and O–H groups in total. The maximum Gasteiger partial charge on any atom is 0.329 e. The Kier molecular flexibility index (Phi) is 34.9. The largest absolute Gasteiger partial charge is 0.508 e. The van der Waals surface area contributed by atoms with E-state index in [2.05, 4.69) is 113 Å². The maximum atomic E-state index is 10.5. The van der Waals surface area contributed by atoms with Gasteiger partial charge in [-0.05, 0) is 78.4 Å². The predicted molar refractivity (Wildman–Crippen MR) is 219 cm³/mol. The van der Waals surface area contributed by atoms with Crippen LogP contribution in [0, 0.1) is 5.92 Å². The maximum absolute atomic E-state index is 10.5. The summed E-state index contributed by atoms with van der Waals surface area (Å²) < 4.78 is 12.2. The van der Waals surface area contributed by atoms with E-state index in [1.165, 1.54) is 61.9 Å². The monoisotopic (exact) mass is 744 g/mol. The van der Waals surface area contributed by atoms with Crippen LogP contribution in [0.5, 0.6) is 5.75 Å². The number of aliphatic hydroxyl groups is 1. The molecular weight excluding hydrogens is 681 g/mol. The van der Waals surface area contributed by atoms with E-state index in [0.717, 1.165) is 12.0 Å². The van der Waals surface area contributed by atoms with Crippen LogP contribution in [0.4, 0.5) is 0 Å². The second-order valence-electron chi connectivity index (χ2n) is 10.8. The second kappa shape index (κ2) is 33.3. The molecular formula is C35H63N4O5P3S. The van der Waals surface area contributed by atoms with Crippen molar-refractivity contribution in [2.45, 2.75) is 92.1 Å². The van der Waals surface area contributed by atoms with Crippen molar-refractivity contribution in [1.29, 1.82) is 0 Å². The van der Waals surface area contributed by atoms with Gasteiger partial charge in [-0.2, -0.15) is 22.8 Å². The minimum Gasteiger partial charge on any atom is -0.508 e. The first-order valence-corrected chi connectivity index (χ1v) is 20.0. The standard InChI is InChI=1S/C10H15N2P.C8H13N2OP.C7H9O4P.C5H12.C4H10.CH4S/c1-8(2)10-5-3-9(4-6-10)7-11-12-13;1-10(12)9-6-7-2-4-8(11)5-3-7;8-7-3-1-6(2-4-7)5-12(9,10)11;1-3-5-4-2;1-3-4-2;1-2/h3-8,12H,13H2,1-2H3;2,4-7,11H,3,12H2,1H3;1-4,8H,5H2,(H2,9,10,11);3-5H2,1-2H3;3-4H2,1-2H3;2H,1H3/b11-7+;9-6+;;;;. The van der Waals surface area contributed by atoms with Crippen LogP contribution < -0.4 is 5.20 Å². The molecule has 13 heteroatoms. The number of nitrogens with zero attached hydrogens (tertiary/aromatic N) is 3. The lowest BCUT2D eigenvalue weighted by Crippen LogP contribution is -2.03. The van der Waals surface area contributed by atoms with Gasteiger partial charge in [0.25, 0.3) is 0 Å². The molecule has 3 atom stereocenters. The van der Waals surface area contributed by atoms with Crippen LogP contribution in [0.25, 0.3) is 0 Å². The summed E-state index contributed by atoms with van der Waals surface area (Å²) >= 11 is 3.53. The predicted octanol–water partition coefficient (Wildman–Crippen LogP) is 9.85. The fourth-order valence-corrected chi connectivity index (χ4v) is 4.04. The number of hydrogen-bond donors (Lipinski definition) is 6. The Bertz CT molecular complexity index is 1180. The van der Waals surface area contributed by atoms with E-state index in [4.69, 9.17) is 20.0 Å². The number of phenolic OH excluding ortho intramolecular Hbond substituents is 1. The summed E-state index contributed by atoms with van der Waals surface area (Å²) in [5.74, 6) is 1.33. The molecule has 3 unspecified atom stereocenters. The van der Waals surface area contributed by atoms with E-state index in [9.17, 15) is 4.57 Å². The summed E-state index contributed by atoms with van der Waals surface area (Å²) in [7, 11) is 2.64. The summed E-state index contributed by atoms with van der Waals surface area (Å²) in [5.41, 5.74) is 2.98. The summed E-state index contributed by atoms with van der Waals surface area (Å²) in [4.78, 5) is 17.2. The van der Waals surface area contributed by atoms with Crippen LogP contribution in [0.15, 0.2) is 82.7 Å². The van der Waals surface area contributed by atoms with Gasteiger partial charge >= 0.3 is 7.60 Å². The fraction of sp³-hybridized carbons (Fsp3) is 0.486. The van der Waals surface area contributed by atoms with Crippen LogP contribution >= 0.6 is 39.0 Å². The van der Waals surface area contributed by atoms with Gasteiger partial charge in [0, 0.05) is 19.2 Å². The molecule has 0 spiro atoms. The molecule has 0 amide bonds. The summed E-state index contributed by atoms with van der Waals surface area (Å²) in [6.07, 6.45) is 18.0. The average molecular weight is 745 g/mol. The molecule has 1 aliphatic carbocycles. The fourth-order valence-electron chi connectivity index (χ4n) is 3.20. The van der Waals surface area contributed by atoms with Crippen molar-refractivity contribution in [1.82, 2.24) is 9.98 Å². The molecule has 274 valence electrons. The quantitative estimate of drug-likeness (QED) is 0.0617. The SMILES string of the molecule is CC(C)c1ccc(/C=N/NP)cc1.CCCC.CCCCC.CN(P)/N=C/C1C=CC(O)=CC1.CS.O=P(O)(O)Cc1ccc(O)cc1. The van der Waals surface area contributed by atoms with E-state index >= 15 is 0 Å². The Morgan fingerprint density at radius 3 is 1.88 bits per heavy atom. The topological polar surface area (TPSA) is 138 Å². The van der Waals surface area contributed by atoms with Crippen LogP contribution in [0.1, 0.15) is 103 Å². The lowest BCUT2D eigenvalue weighted by Gasteiger charge is -2.09. The van der Waals surface area contributed by atoms with Gasteiger partial charge in [-0.1, -0.05) is 116 Å². The number of aromatic hydroxyl groups is 1. The highest BCUT2D eigenvalue weighted by Gasteiger charge is 2.13. The second-order valence-corrected chi connectivity index (χ2v) is 13.4. The number of rotatable bonds is 10. The van der Waals surface area contributed by atoms with Crippen molar-refractivity contribution in [3.63, 3.8) is 0 Å². The van der Waals surface area contributed by atoms with E-state index in [1.54, 1.807) is 29.4 Å². The third kappa shape index (κ3) is 33.7. The lowest BCUT2D eigenvalue weighted by atomic mass is 10.0. The van der Waals surface area contributed by atoms with Crippen LogP contribution in [0.2, 0.25) is 0 Å². The first kappa shape index (κ1) is 50.2. The van der Waals surface area contributed by atoms with E-state index < -0.39 is 7.60 Å². The molecule has 2 aromatic carbocycles. The number of aliphatic hydroxyl groups excluding tert-OH is 1. The zero-order valence-electron chi connectivity index (χ0n) is 30.2. The molecule has 0 heterocycles. The molecule has 2 aromatic rings. The first-order chi connectivity index (χ1) is 22.7. The highest BCUT2D eigenvalue weighted by Crippen LogP contribution is 2.39. The normalized spacial score (nSPS) is 13.2. The van der Waals surface area contributed by atoms with Gasteiger partial charge in [0.15, 0.2) is 0 Å². The zero-order chi connectivity index (χ0) is 37.4. The van der Waals surface area contributed by atoms with Crippen LogP contribution in [0.3, 0.4) is 0 Å². The summed E-state index contributed by atoms with van der Waals surface area (Å²) in [6, 6.07) is 14.2. The van der Waals surface area contributed by atoms with Gasteiger partial charge in [0.2, 0.25) is 0 Å². The summed E-state index contributed by atoms with van der Waals surface area (Å²) in [6.45, 7) is 13.2. The Labute approximate surface area is 301 Å². The zero-order valence-corrected chi connectivity index (χ0v) is 34.3. The Morgan fingerprint density at radius 1 is 0.979 bits per heavy atom. The summed E-state index contributed by atoms with van der Waals surface area (Å²) in [5, 5.41) is 28.5. The molecule has 0 saturated heterocycles. The lowest BCUT2D eigenvalue weighted by molar-refractivity contribution is 0.371. The van der Waals surface area contributed by atoms with Crippen molar-refractivity contribution in [2.75, 3.05) is 13.3 Å². The minimum atomic E-state index is -3.98. The molecule has 0 bridgehead atoms. The minimum absolute atomic E-state index is 0.0875. The number of thiol groups is 1. The van der Waals surface area contributed by atoms with Gasteiger partial charge < -0.3 is 20.0 Å². The molecule has 0 fully saturated rings. The van der Waals surface area contributed by atoms with Crippen molar-refractivity contribution in [3.8, 4) is 5.75 Å². The Hall–Kier alpha value is -2.18. The number of nitrogens with one attached hydrogen (secondary N) is 1. The number of hydrogen-bond acceptors (Lipinski definition) is 8. The van der Waals surface area contributed by atoms with Crippen molar-refractivity contribution < 1.29 is 24.6 Å². The van der Waals surface area contributed by atoms with Crippen LogP contribution in [-0.2, 0) is 10.7 Å². The number of benzene rings is 2. The number of allylic oxidation sites excluding steroid dienone is 3. The van der Waals surface area contributed by atoms with Gasteiger partial charge in [0.1, 0.15) is 11.5 Å². The van der Waals surface area contributed by atoms with E-state index in [0.29, 0.717) is 23.2 Å². The van der Waals surface area contributed by atoms with Crippen molar-refractivity contribution in [2.24, 2.45) is 16.1 Å². The molecule has 0 radical (unpaired) electrons.